The summed E-state index contributed by atoms with van der Waals surface area (Å²) in [6.45, 7) is 2.65. The van der Waals surface area contributed by atoms with Gasteiger partial charge >= 0.3 is 0 Å². The Morgan fingerprint density at radius 2 is 1.63 bits per heavy atom. The average Bonchev–Trinajstić information content (AvgIpc) is 2.99. The number of amides is 1. The summed E-state index contributed by atoms with van der Waals surface area (Å²) in [5.41, 5.74) is 2.43. The van der Waals surface area contributed by atoms with Gasteiger partial charge in [-0.15, -0.1) is 12.4 Å². The third kappa shape index (κ3) is 3.98. The number of piperidine rings is 1. The second kappa shape index (κ2) is 8.79. The Hall–Kier alpha value is -2.01. The number of rotatable bonds is 4. The highest BCUT2D eigenvalue weighted by Crippen LogP contribution is 2.33. The van der Waals surface area contributed by atoms with Crippen molar-refractivity contribution in [2.45, 2.75) is 19.3 Å². The highest BCUT2D eigenvalue weighted by atomic mass is 35.5. The van der Waals surface area contributed by atoms with E-state index in [0.29, 0.717) is 17.4 Å². The first kappa shape index (κ1) is 19.7. The zero-order valence-electron chi connectivity index (χ0n) is 15.0. The maximum atomic E-state index is 12.9. The number of halogens is 2. The second-order valence-electron chi connectivity index (χ2n) is 6.70. The van der Waals surface area contributed by atoms with E-state index in [1.54, 1.807) is 0 Å². The molecule has 4 nitrogen and oxygen atoms in total. The molecule has 0 unspecified atom stereocenters. The smallest absolute Gasteiger partial charge is 0.256 e. The zero-order valence-corrected chi connectivity index (χ0v) is 16.6. The Bertz CT molecular complexity index is 918. The summed E-state index contributed by atoms with van der Waals surface area (Å²) in [5, 5.41) is 4.38. The lowest BCUT2D eigenvalue weighted by Gasteiger charge is -2.26. The van der Waals surface area contributed by atoms with Crippen LogP contribution in [0.5, 0.6) is 0 Å². The first-order valence-electron chi connectivity index (χ1n) is 9.10. The number of carbonyl (C=O) groups excluding carboxylic acids is 1. The van der Waals surface area contributed by atoms with Crippen LogP contribution in [-0.2, 0) is 0 Å². The Labute approximate surface area is 170 Å². The van der Waals surface area contributed by atoms with E-state index in [1.807, 2.05) is 59.2 Å². The summed E-state index contributed by atoms with van der Waals surface area (Å²) in [7, 11) is 0. The number of fused-ring (bicyclic) bond motifs is 1. The van der Waals surface area contributed by atoms with E-state index < -0.39 is 0 Å². The van der Waals surface area contributed by atoms with E-state index in [0.717, 1.165) is 29.7 Å². The molecule has 1 aliphatic rings. The predicted molar refractivity (Wildman–Crippen MR) is 113 cm³/mol. The fraction of sp³-hybridized carbons (Fsp3) is 0.286. The standard InChI is InChI=1S/C21H22ClN3O.ClH/c22-20-19(21(26)23-15-24-13-7-2-8-14-24)17-11-5-6-12-18(17)25(20)16-9-3-1-4-10-16;/h1,3-6,9-12H,2,7-8,13-15H2,(H,23,26);1H. The van der Waals surface area contributed by atoms with Crippen LogP contribution in [0.2, 0.25) is 5.15 Å². The molecule has 6 heteroatoms. The van der Waals surface area contributed by atoms with Crippen LogP contribution in [-0.4, -0.2) is 35.1 Å². The molecule has 0 radical (unpaired) electrons. The molecule has 1 N–H and O–H groups in total. The van der Waals surface area contributed by atoms with Gasteiger partial charge in [-0.3, -0.25) is 14.3 Å². The number of hydrogen-bond donors (Lipinski definition) is 1. The minimum atomic E-state index is -0.119. The second-order valence-corrected chi connectivity index (χ2v) is 7.05. The molecular weight excluding hydrogens is 381 g/mol. The van der Waals surface area contributed by atoms with Gasteiger partial charge < -0.3 is 5.32 Å². The van der Waals surface area contributed by atoms with Gasteiger partial charge in [0.2, 0.25) is 0 Å². The highest BCUT2D eigenvalue weighted by molar-refractivity contribution is 6.36. The topological polar surface area (TPSA) is 37.3 Å². The summed E-state index contributed by atoms with van der Waals surface area (Å²) in [4.78, 5) is 15.2. The molecule has 3 aromatic rings. The fourth-order valence-electron chi connectivity index (χ4n) is 3.64. The molecule has 2 heterocycles. The average molecular weight is 404 g/mol. The molecule has 1 saturated heterocycles. The van der Waals surface area contributed by atoms with E-state index in [4.69, 9.17) is 11.6 Å². The number of benzene rings is 2. The predicted octanol–water partition coefficient (Wildman–Crippen LogP) is 4.88. The van der Waals surface area contributed by atoms with Crippen LogP contribution in [0.1, 0.15) is 29.6 Å². The van der Waals surface area contributed by atoms with Crippen LogP contribution < -0.4 is 5.32 Å². The zero-order chi connectivity index (χ0) is 17.9. The van der Waals surface area contributed by atoms with E-state index >= 15 is 0 Å². The van der Waals surface area contributed by atoms with Crippen LogP contribution in [0, 0.1) is 0 Å². The van der Waals surface area contributed by atoms with Crippen molar-refractivity contribution < 1.29 is 4.79 Å². The summed E-state index contributed by atoms with van der Waals surface area (Å²) in [6.07, 6.45) is 3.68. The SMILES string of the molecule is Cl.O=C(NCN1CCCCC1)c1c(Cl)n(-c2ccccc2)c2ccccc12. The van der Waals surface area contributed by atoms with E-state index in [-0.39, 0.29) is 18.3 Å². The van der Waals surface area contributed by atoms with E-state index in [1.165, 1.54) is 19.3 Å². The van der Waals surface area contributed by atoms with Gasteiger partial charge in [0.15, 0.2) is 0 Å². The minimum Gasteiger partial charge on any atom is -0.339 e. The number of hydrogen-bond acceptors (Lipinski definition) is 2. The Kier molecular flexibility index (Phi) is 6.42. The molecule has 4 rings (SSSR count). The number of aromatic nitrogens is 1. The van der Waals surface area contributed by atoms with Gasteiger partial charge in [-0.2, -0.15) is 0 Å². The molecule has 0 spiro atoms. The van der Waals surface area contributed by atoms with E-state index in [2.05, 4.69) is 10.2 Å². The van der Waals surface area contributed by atoms with Crippen LogP contribution in [0.25, 0.3) is 16.6 Å². The first-order chi connectivity index (χ1) is 12.8. The van der Waals surface area contributed by atoms with Crippen molar-refractivity contribution >= 4 is 40.8 Å². The van der Waals surface area contributed by atoms with Crippen molar-refractivity contribution in [3.63, 3.8) is 0 Å². The van der Waals surface area contributed by atoms with Gasteiger partial charge in [-0.25, -0.2) is 0 Å². The van der Waals surface area contributed by atoms with Crippen molar-refractivity contribution in [2.24, 2.45) is 0 Å². The maximum Gasteiger partial charge on any atom is 0.256 e. The molecule has 1 fully saturated rings. The highest BCUT2D eigenvalue weighted by Gasteiger charge is 2.22. The number of nitrogens with one attached hydrogen (secondary N) is 1. The van der Waals surface area contributed by atoms with Crippen LogP contribution in [0.3, 0.4) is 0 Å². The van der Waals surface area contributed by atoms with Crippen LogP contribution >= 0.6 is 24.0 Å². The number of carbonyl (C=O) groups is 1. The summed E-state index contributed by atoms with van der Waals surface area (Å²) < 4.78 is 1.94. The molecule has 1 amide bonds. The Morgan fingerprint density at radius 3 is 2.37 bits per heavy atom. The van der Waals surface area contributed by atoms with Crippen molar-refractivity contribution in [1.29, 1.82) is 0 Å². The molecule has 0 aliphatic carbocycles. The first-order valence-corrected chi connectivity index (χ1v) is 9.48. The van der Waals surface area contributed by atoms with Crippen LogP contribution in [0.15, 0.2) is 54.6 Å². The van der Waals surface area contributed by atoms with Crippen LogP contribution in [0.4, 0.5) is 0 Å². The Balaban J connectivity index is 0.00000210. The largest absolute Gasteiger partial charge is 0.339 e. The van der Waals surface area contributed by atoms with Crippen molar-refractivity contribution in [3.05, 3.63) is 65.3 Å². The summed E-state index contributed by atoms with van der Waals surface area (Å²) in [5.74, 6) is -0.119. The fourth-order valence-corrected chi connectivity index (χ4v) is 4.02. The van der Waals surface area contributed by atoms with E-state index in [9.17, 15) is 4.79 Å². The molecule has 0 bridgehead atoms. The molecule has 142 valence electrons. The molecule has 0 atom stereocenters. The molecule has 1 aromatic heterocycles. The third-order valence-corrected chi connectivity index (χ3v) is 5.33. The van der Waals surface area contributed by atoms with Gasteiger partial charge in [0.1, 0.15) is 5.15 Å². The lowest BCUT2D eigenvalue weighted by molar-refractivity contribution is 0.0916. The molecule has 2 aromatic carbocycles. The number of nitrogens with zero attached hydrogens (tertiary/aromatic N) is 2. The quantitative estimate of drug-likeness (QED) is 0.673. The van der Waals surface area contributed by atoms with Crippen molar-refractivity contribution in [1.82, 2.24) is 14.8 Å². The molecular formula is C21H23Cl2N3O. The van der Waals surface area contributed by atoms with Gasteiger partial charge in [-0.05, 0) is 44.1 Å². The van der Waals surface area contributed by atoms with Gasteiger partial charge in [0.05, 0.1) is 17.7 Å². The normalized spacial score (nSPS) is 14.7. The van der Waals surface area contributed by atoms with Gasteiger partial charge in [-0.1, -0.05) is 54.4 Å². The van der Waals surface area contributed by atoms with Crippen molar-refractivity contribution in [2.75, 3.05) is 19.8 Å². The van der Waals surface area contributed by atoms with Gasteiger partial charge in [0, 0.05) is 11.1 Å². The third-order valence-electron chi connectivity index (χ3n) is 4.97. The lowest BCUT2D eigenvalue weighted by Crippen LogP contribution is -2.40. The Morgan fingerprint density at radius 1 is 0.963 bits per heavy atom. The monoisotopic (exact) mass is 403 g/mol. The lowest BCUT2D eigenvalue weighted by atomic mass is 10.1. The summed E-state index contributed by atoms with van der Waals surface area (Å²) >= 11 is 6.69. The summed E-state index contributed by atoms with van der Waals surface area (Å²) in [6, 6.07) is 17.7. The molecule has 27 heavy (non-hydrogen) atoms. The molecule has 0 saturated carbocycles. The number of para-hydroxylation sites is 2. The molecule has 1 aliphatic heterocycles. The van der Waals surface area contributed by atoms with Crippen molar-refractivity contribution in [3.8, 4) is 5.69 Å². The maximum absolute atomic E-state index is 12.9. The minimum absolute atomic E-state index is 0. The van der Waals surface area contributed by atoms with Gasteiger partial charge in [0.25, 0.3) is 5.91 Å². The number of likely N-dealkylation sites (tertiary alicyclic amines) is 1.